The summed E-state index contributed by atoms with van der Waals surface area (Å²) in [5, 5.41) is 0. The number of benzene rings is 2. The van der Waals surface area contributed by atoms with Gasteiger partial charge in [0, 0.05) is 0 Å². The van der Waals surface area contributed by atoms with Crippen LogP contribution in [0, 0.1) is 34.6 Å². The molecule has 0 heterocycles. The third-order valence-electron chi connectivity index (χ3n) is 3.82. The third kappa shape index (κ3) is 2.00. The molecule has 0 aromatic heterocycles. The van der Waals surface area contributed by atoms with Crippen LogP contribution in [0.4, 0.5) is 0 Å². The first kappa shape index (κ1) is 11.9. The molecular formula is C17H20. The molecule has 0 atom stereocenters. The molecule has 0 amide bonds. The highest BCUT2D eigenvalue weighted by Crippen LogP contribution is 2.32. The van der Waals surface area contributed by atoms with Crippen molar-refractivity contribution in [1.82, 2.24) is 0 Å². The molecule has 0 aliphatic heterocycles. The fourth-order valence-corrected chi connectivity index (χ4v) is 2.39. The van der Waals surface area contributed by atoms with E-state index in [4.69, 9.17) is 0 Å². The van der Waals surface area contributed by atoms with Gasteiger partial charge in [0.15, 0.2) is 0 Å². The molecule has 88 valence electrons. The lowest BCUT2D eigenvalue weighted by Crippen LogP contribution is -1.94. The van der Waals surface area contributed by atoms with Crippen molar-refractivity contribution in [2.45, 2.75) is 34.6 Å². The Labute approximate surface area is 104 Å². The van der Waals surface area contributed by atoms with Crippen molar-refractivity contribution >= 4 is 0 Å². The molecule has 2 rings (SSSR count). The number of aryl methyl sites for hydroxylation is 3. The molecule has 0 fully saturated rings. The summed E-state index contributed by atoms with van der Waals surface area (Å²) in [6.07, 6.45) is 0. The van der Waals surface area contributed by atoms with Crippen LogP contribution >= 0.6 is 0 Å². The van der Waals surface area contributed by atoms with Crippen molar-refractivity contribution in [3.05, 3.63) is 58.1 Å². The molecule has 2 aromatic rings. The lowest BCUT2D eigenvalue weighted by atomic mass is 9.89. The van der Waals surface area contributed by atoms with Crippen LogP contribution in [-0.2, 0) is 0 Å². The maximum Gasteiger partial charge on any atom is -0.0120 e. The van der Waals surface area contributed by atoms with Gasteiger partial charge in [-0.1, -0.05) is 30.3 Å². The molecule has 0 N–H and O–H groups in total. The van der Waals surface area contributed by atoms with E-state index < -0.39 is 0 Å². The first-order valence-corrected chi connectivity index (χ1v) is 6.15. The summed E-state index contributed by atoms with van der Waals surface area (Å²) in [7, 11) is 0. The fourth-order valence-electron chi connectivity index (χ4n) is 2.39. The zero-order valence-electron chi connectivity index (χ0n) is 11.4. The van der Waals surface area contributed by atoms with Gasteiger partial charge in [-0.3, -0.25) is 0 Å². The van der Waals surface area contributed by atoms with Crippen LogP contribution in [0.2, 0.25) is 0 Å². The number of rotatable bonds is 1. The van der Waals surface area contributed by atoms with Crippen LogP contribution in [0.15, 0.2) is 30.3 Å². The number of hydrogen-bond acceptors (Lipinski definition) is 0. The normalized spacial score (nSPS) is 10.6. The van der Waals surface area contributed by atoms with Crippen LogP contribution in [0.1, 0.15) is 27.8 Å². The Kier molecular flexibility index (Phi) is 3.06. The maximum absolute atomic E-state index is 2.23. The molecule has 0 aliphatic carbocycles. The van der Waals surface area contributed by atoms with Gasteiger partial charge in [0.25, 0.3) is 0 Å². The van der Waals surface area contributed by atoms with Crippen LogP contribution in [-0.4, -0.2) is 0 Å². The van der Waals surface area contributed by atoms with E-state index in [9.17, 15) is 0 Å². The molecule has 0 heteroatoms. The van der Waals surface area contributed by atoms with Crippen LogP contribution < -0.4 is 0 Å². The summed E-state index contributed by atoms with van der Waals surface area (Å²) >= 11 is 0. The molecule has 0 saturated carbocycles. The van der Waals surface area contributed by atoms with Crippen molar-refractivity contribution in [3.8, 4) is 11.1 Å². The monoisotopic (exact) mass is 224 g/mol. The average molecular weight is 224 g/mol. The fraction of sp³-hybridized carbons (Fsp3) is 0.294. The number of hydrogen-bond donors (Lipinski definition) is 0. The van der Waals surface area contributed by atoms with E-state index in [1.807, 2.05) is 0 Å². The second-order valence-corrected chi connectivity index (χ2v) is 4.95. The molecule has 0 unspecified atom stereocenters. The molecule has 17 heavy (non-hydrogen) atoms. The SMILES string of the molecule is Cc1cccc(-c2c(C)ccc(C)c2C)c1C. The first-order chi connectivity index (χ1) is 8.02. The van der Waals surface area contributed by atoms with Gasteiger partial charge in [0.05, 0.1) is 0 Å². The second kappa shape index (κ2) is 4.37. The van der Waals surface area contributed by atoms with Crippen molar-refractivity contribution in [2.24, 2.45) is 0 Å². The van der Waals surface area contributed by atoms with Gasteiger partial charge in [0.2, 0.25) is 0 Å². The third-order valence-corrected chi connectivity index (χ3v) is 3.82. The molecular weight excluding hydrogens is 204 g/mol. The van der Waals surface area contributed by atoms with Gasteiger partial charge >= 0.3 is 0 Å². The van der Waals surface area contributed by atoms with Crippen molar-refractivity contribution in [1.29, 1.82) is 0 Å². The van der Waals surface area contributed by atoms with Crippen LogP contribution in [0.25, 0.3) is 11.1 Å². The van der Waals surface area contributed by atoms with Gasteiger partial charge < -0.3 is 0 Å². The van der Waals surface area contributed by atoms with E-state index in [0.717, 1.165) is 0 Å². The smallest absolute Gasteiger partial charge is 0.0120 e. The summed E-state index contributed by atoms with van der Waals surface area (Å²) in [6.45, 7) is 11.0. The lowest BCUT2D eigenvalue weighted by molar-refractivity contribution is 1.27. The Balaban J connectivity index is 2.77. The summed E-state index contributed by atoms with van der Waals surface area (Å²) in [6, 6.07) is 11.0. The van der Waals surface area contributed by atoms with Crippen molar-refractivity contribution < 1.29 is 0 Å². The minimum atomic E-state index is 1.36. The minimum absolute atomic E-state index is 1.36. The van der Waals surface area contributed by atoms with Gasteiger partial charge in [0.1, 0.15) is 0 Å². The minimum Gasteiger partial charge on any atom is -0.0614 e. The first-order valence-electron chi connectivity index (χ1n) is 6.15. The lowest BCUT2D eigenvalue weighted by Gasteiger charge is -2.16. The van der Waals surface area contributed by atoms with Gasteiger partial charge in [-0.25, -0.2) is 0 Å². The van der Waals surface area contributed by atoms with E-state index in [1.54, 1.807) is 0 Å². The Morgan fingerprint density at radius 1 is 0.588 bits per heavy atom. The molecule has 0 spiro atoms. The van der Waals surface area contributed by atoms with Gasteiger partial charge in [-0.05, 0) is 73.6 Å². The summed E-state index contributed by atoms with van der Waals surface area (Å²) in [5.74, 6) is 0. The topological polar surface area (TPSA) is 0 Å². The Bertz CT molecular complexity index is 562. The highest BCUT2D eigenvalue weighted by molar-refractivity contribution is 5.75. The van der Waals surface area contributed by atoms with Crippen molar-refractivity contribution in [2.75, 3.05) is 0 Å². The Morgan fingerprint density at radius 3 is 1.88 bits per heavy atom. The van der Waals surface area contributed by atoms with E-state index in [2.05, 4.69) is 65.0 Å². The largest absolute Gasteiger partial charge is 0.0614 e. The van der Waals surface area contributed by atoms with E-state index in [-0.39, 0.29) is 0 Å². The molecule has 2 aromatic carbocycles. The highest BCUT2D eigenvalue weighted by atomic mass is 14.1. The van der Waals surface area contributed by atoms with E-state index >= 15 is 0 Å². The molecule has 0 bridgehead atoms. The van der Waals surface area contributed by atoms with E-state index in [0.29, 0.717) is 0 Å². The van der Waals surface area contributed by atoms with Crippen LogP contribution in [0.5, 0.6) is 0 Å². The van der Waals surface area contributed by atoms with E-state index in [1.165, 1.54) is 38.9 Å². The Hall–Kier alpha value is -1.56. The average Bonchev–Trinajstić information content (AvgIpc) is 2.30. The maximum atomic E-state index is 2.23. The Morgan fingerprint density at radius 2 is 1.18 bits per heavy atom. The molecule has 0 radical (unpaired) electrons. The van der Waals surface area contributed by atoms with Gasteiger partial charge in [-0.2, -0.15) is 0 Å². The molecule has 0 nitrogen and oxygen atoms in total. The standard InChI is InChI=1S/C17H20/c1-11-7-6-8-16(14(11)4)17-13(3)10-9-12(2)15(17)5/h6-10H,1-5H3. The second-order valence-electron chi connectivity index (χ2n) is 4.95. The van der Waals surface area contributed by atoms with Crippen LogP contribution in [0.3, 0.4) is 0 Å². The zero-order valence-corrected chi connectivity index (χ0v) is 11.4. The highest BCUT2D eigenvalue weighted by Gasteiger charge is 2.10. The summed E-state index contributed by atoms with van der Waals surface area (Å²) in [4.78, 5) is 0. The predicted molar refractivity (Wildman–Crippen MR) is 75.6 cm³/mol. The predicted octanol–water partition coefficient (Wildman–Crippen LogP) is 4.90. The zero-order chi connectivity index (χ0) is 12.6. The molecule has 0 saturated heterocycles. The van der Waals surface area contributed by atoms with Gasteiger partial charge in [-0.15, -0.1) is 0 Å². The quantitative estimate of drug-likeness (QED) is 0.646. The summed E-state index contributed by atoms with van der Waals surface area (Å²) < 4.78 is 0. The molecule has 0 aliphatic rings. The summed E-state index contributed by atoms with van der Waals surface area (Å²) in [5.41, 5.74) is 9.68. The van der Waals surface area contributed by atoms with Crippen molar-refractivity contribution in [3.63, 3.8) is 0 Å².